The Morgan fingerprint density at radius 2 is 2.00 bits per heavy atom. The summed E-state index contributed by atoms with van der Waals surface area (Å²) in [6.07, 6.45) is 9.08. The number of fused-ring (bicyclic) bond motifs is 1. The maximum Gasteiger partial charge on any atom is 0.0954 e. The van der Waals surface area contributed by atoms with Crippen molar-refractivity contribution in [1.82, 2.24) is 5.32 Å². The average Bonchev–Trinajstić information content (AvgIpc) is 2.70. The molecule has 0 radical (unpaired) electrons. The lowest BCUT2D eigenvalue weighted by Crippen LogP contribution is -2.21. The fourth-order valence-electron chi connectivity index (χ4n) is 2.97. The van der Waals surface area contributed by atoms with E-state index >= 15 is 0 Å². The Kier molecular flexibility index (Phi) is 6.01. The number of ether oxygens (including phenoxy) is 1. The van der Waals surface area contributed by atoms with E-state index in [0.29, 0.717) is 5.92 Å². The molecule has 0 saturated heterocycles. The van der Waals surface area contributed by atoms with Crippen LogP contribution in [0.4, 0.5) is 0 Å². The number of nitrogens with one attached hydrogen (secondary N) is 1. The zero-order chi connectivity index (χ0) is 14.7. The zero-order valence-electron chi connectivity index (χ0n) is 13.2. The van der Waals surface area contributed by atoms with Crippen molar-refractivity contribution in [3.05, 3.63) is 71.3 Å². The Bertz CT molecular complexity index is 576. The van der Waals surface area contributed by atoms with Crippen LogP contribution in [0.2, 0.25) is 0 Å². The van der Waals surface area contributed by atoms with Crippen LogP contribution in [0.5, 0.6) is 0 Å². The van der Waals surface area contributed by atoms with E-state index in [1.165, 1.54) is 16.7 Å². The highest BCUT2D eigenvalue weighted by Crippen LogP contribution is 2.29. The van der Waals surface area contributed by atoms with E-state index in [1.54, 1.807) is 0 Å². The van der Waals surface area contributed by atoms with Gasteiger partial charge in [-0.3, -0.25) is 0 Å². The molecule has 0 fully saturated rings. The third-order valence-corrected chi connectivity index (χ3v) is 4.22. The average molecular weight is 318 g/mol. The van der Waals surface area contributed by atoms with Crippen LogP contribution in [0, 0.1) is 5.92 Å². The minimum absolute atomic E-state index is 0. The van der Waals surface area contributed by atoms with Gasteiger partial charge in [0.1, 0.15) is 0 Å². The van der Waals surface area contributed by atoms with Crippen LogP contribution in [0.1, 0.15) is 25.5 Å². The molecule has 0 aromatic heterocycles. The lowest BCUT2D eigenvalue weighted by molar-refractivity contribution is 0.0473. The Morgan fingerprint density at radius 1 is 1.23 bits per heavy atom. The van der Waals surface area contributed by atoms with Crippen LogP contribution in [0.25, 0.3) is 0 Å². The first-order valence-electron chi connectivity index (χ1n) is 7.75. The summed E-state index contributed by atoms with van der Waals surface area (Å²) < 4.78 is 6.20. The van der Waals surface area contributed by atoms with E-state index in [1.807, 2.05) is 6.07 Å². The molecule has 1 aromatic rings. The van der Waals surface area contributed by atoms with E-state index in [2.05, 4.69) is 67.7 Å². The van der Waals surface area contributed by atoms with E-state index in [4.69, 9.17) is 4.74 Å². The minimum Gasteiger partial charge on any atom is -0.362 e. The predicted molar refractivity (Wildman–Crippen MR) is 94.3 cm³/mol. The van der Waals surface area contributed by atoms with Crippen molar-refractivity contribution in [2.75, 3.05) is 13.1 Å². The molecule has 3 unspecified atom stereocenters. The van der Waals surface area contributed by atoms with E-state index in [-0.39, 0.29) is 24.6 Å². The molecule has 0 saturated carbocycles. The highest BCUT2D eigenvalue weighted by molar-refractivity contribution is 5.85. The Balaban J connectivity index is 0.00000176. The number of halogens is 1. The standard InChI is InChI=1S/C19H23NO.ClH/c1-14-13-20-11-10-17-8-9-18(12-19(14)17)21-15(2)16-6-4-3-5-7-16;/h3-10,12,14-15,18,20H,11,13H2,1-2H3;1H. The quantitative estimate of drug-likeness (QED) is 0.901. The van der Waals surface area contributed by atoms with Gasteiger partial charge in [0, 0.05) is 13.1 Å². The lowest BCUT2D eigenvalue weighted by Gasteiger charge is -2.24. The molecule has 3 rings (SSSR count). The molecule has 1 N–H and O–H groups in total. The van der Waals surface area contributed by atoms with Crippen molar-refractivity contribution in [3.63, 3.8) is 0 Å². The van der Waals surface area contributed by atoms with Gasteiger partial charge in [-0.25, -0.2) is 0 Å². The SMILES string of the molecule is CC1CNCC=C2C=CC(OC(C)c3ccccc3)C=C21.Cl. The molecule has 0 spiro atoms. The normalized spacial score (nSPS) is 25.2. The monoisotopic (exact) mass is 317 g/mol. The van der Waals surface area contributed by atoms with Gasteiger partial charge < -0.3 is 10.1 Å². The second kappa shape index (κ2) is 7.77. The molecule has 1 aliphatic carbocycles. The summed E-state index contributed by atoms with van der Waals surface area (Å²) in [6, 6.07) is 10.4. The largest absolute Gasteiger partial charge is 0.362 e. The van der Waals surface area contributed by atoms with Gasteiger partial charge in [0.15, 0.2) is 0 Å². The van der Waals surface area contributed by atoms with Crippen LogP contribution in [0.3, 0.4) is 0 Å². The number of benzene rings is 1. The molecule has 0 bridgehead atoms. The van der Waals surface area contributed by atoms with Gasteiger partial charge in [-0.05, 0) is 35.6 Å². The summed E-state index contributed by atoms with van der Waals surface area (Å²) >= 11 is 0. The second-order valence-electron chi connectivity index (χ2n) is 5.85. The number of hydrogen-bond donors (Lipinski definition) is 1. The molecular weight excluding hydrogens is 294 g/mol. The van der Waals surface area contributed by atoms with Crippen LogP contribution >= 0.6 is 12.4 Å². The summed E-state index contributed by atoms with van der Waals surface area (Å²) in [5, 5.41) is 3.44. The molecule has 118 valence electrons. The Morgan fingerprint density at radius 3 is 2.77 bits per heavy atom. The van der Waals surface area contributed by atoms with Crippen molar-refractivity contribution >= 4 is 12.4 Å². The van der Waals surface area contributed by atoms with Crippen LogP contribution < -0.4 is 5.32 Å². The molecule has 0 amide bonds. The third kappa shape index (κ3) is 3.89. The molecule has 1 aliphatic heterocycles. The highest BCUT2D eigenvalue weighted by atomic mass is 35.5. The topological polar surface area (TPSA) is 21.3 Å². The minimum atomic E-state index is 0. The molecule has 22 heavy (non-hydrogen) atoms. The first kappa shape index (κ1) is 17.0. The smallest absolute Gasteiger partial charge is 0.0954 e. The molecule has 2 aliphatic rings. The number of allylic oxidation sites excluding steroid dienone is 2. The van der Waals surface area contributed by atoms with Crippen LogP contribution in [0.15, 0.2) is 65.8 Å². The molecule has 1 heterocycles. The first-order chi connectivity index (χ1) is 10.2. The molecule has 3 heteroatoms. The van der Waals surface area contributed by atoms with Crippen LogP contribution in [-0.2, 0) is 4.74 Å². The van der Waals surface area contributed by atoms with Gasteiger partial charge in [0.2, 0.25) is 0 Å². The van der Waals surface area contributed by atoms with Gasteiger partial charge in [-0.2, -0.15) is 0 Å². The third-order valence-electron chi connectivity index (χ3n) is 4.22. The van der Waals surface area contributed by atoms with Gasteiger partial charge in [0.05, 0.1) is 12.2 Å². The molecule has 3 atom stereocenters. The van der Waals surface area contributed by atoms with E-state index in [9.17, 15) is 0 Å². The lowest BCUT2D eigenvalue weighted by atomic mass is 9.89. The summed E-state index contributed by atoms with van der Waals surface area (Å²) in [5.74, 6) is 0.529. The predicted octanol–water partition coefficient (Wildman–Crippen LogP) is 4.22. The van der Waals surface area contributed by atoms with Gasteiger partial charge in [-0.15, -0.1) is 12.4 Å². The fourth-order valence-corrected chi connectivity index (χ4v) is 2.97. The van der Waals surface area contributed by atoms with Crippen molar-refractivity contribution in [2.45, 2.75) is 26.1 Å². The summed E-state index contributed by atoms with van der Waals surface area (Å²) in [4.78, 5) is 0. The summed E-state index contributed by atoms with van der Waals surface area (Å²) in [6.45, 7) is 6.37. The maximum atomic E-state index is 6.20. The summed E-state index contributed by atoms with van der Waals surface area (Å²) in [5.41, 5.74) is 3.98. The zero-order valence-corrected chi connectivity index (χ0v) is 14.0. The van der Waals surface area contributed by atoms with Gasteiger partial charge in [-0.1, -0.05) is 55.5 Å². The van der Waals surface area contributed by atoms with E-state index in [0.717, 1.165) is 13.1 Å². The van der Waals surface area contributed by atoms with Crippen molar-refractivity contribution in [2.24, 2.45) is 5.92 Å². The summed E-state index contributed by atoms with van der Waals surface area (Å²) in [7, 11) is 0. The highest BCUT2D eigenvalue weighted by Gasteiger charge is 2.21. The van der Waals surface area contributed by atoms with Crippen LogP contribution in [-0.4, -0.2) is 19.2 Å². The first-order valence-corrected chi connectivity index (χ1v) is 7.75. The van der Waals surface area contributed by atoms with Gasteiger partial charge in [0.25, 0.3) is 0 Å². The van der Waals surface area contributed by atoms with Crippen molar-refractivity contribution in [3.8, 4) is 0 Å². The van der Waals surface area contributed by atoms with E-state index < -0.39 is 0 Å². The Hall–Kier alpha value is -1.35. The van der Waals surface area contributed by atoms with Gasteiger partial charge >= 0.3 is 0 Å². The molecular formula is C19H24ClNO. The van der Waals surface area contributed by atoms with Crippen molar-refractivity contribution < 1.29 is 4.74 Å². The number of rotatable bonds is 3. The number of hydrogen-bond acceptors (Lipinski definition) is 2. The second-order valence-corrected chi connectivity index (χ2v) is 5.85. The van der Waals surface area contributed by atoms with Crippen molar-refractivity contribution in [1.29, 1.82) is 0 Å². The fraction of sp³-hybridized carbons (Fsp3) is 0.368. The Labute approximate surface area is 139 Å². The molecule has 2 nitrogen and oxygen atoms in total. The maximum absolute atomic E-state index is 6.20. The molecule has 1 aromatic carbocycles.